The molecule has 0 saturated heterocycles. The summed E-state index contributed by atoms with van der Waals surface area (Å²) in [7, 11) is 0. The fourth-order valence-corrected chi connectivity index (χ4v) is 3.87. The molecule has 20 heavy (non-hydrogen) atoms. The number of thiophene rings is 1. The van der Waals surface area contributed by atoms with Gasteiger partial charge >= 0.3 is 0 Å². The molecule has 0 amide bonds. The minimum absolute atomic E-state index is 0.510. The number of oxazole rings is 1. The van der Waals surface area contributed by atoms with Crippen molar-refractivity contribution in [1.82, 2.24) is 24.8 Å². The van der Waals surface area contributed by atoms with Crippen LogP contribution in [0.25, 0.3) is 26.6 Å². The quantitative estimate of drug-likeness (QED) is 0.540. The van der Waals surface area contributed by atoms with Gasteiger partial charge in [-0.2, -0.15) is 4.52 Å². The van der Waals surface area contributed by atoms with E-state index in [0.29, 0.717) is 10.9 Å². The predicted molar refractivity (Wildman–Crippen MR) is 79.9 cm³/mol. The topological polar surface area (TPSA) is 69.1 Å². The summed E-state index contributed by atoms with van der Waals surface area (Å²) < 4.78 is 8.13. The van der Waals surface area contributed by atoms with Gasteiger partial charge in [-0.3, -0.25) is 0 Å². The molecule has 6 nitrogen and oxygen atoms in total. The van der Waals surface area contributed by atoms with E-state index in [2.05, 4.69) is 36.2 Å². The zero-order chi connectivity index (χ0) is 13.7. The molecule has 0 radical (unpaired) electrons. The Kier molecular flexibility index (Phi) is 2.72. The molecule has 4 heterocycles. The van der Waals surface area contributed by atoms with Crippen LogP contribution in [0.2, 0.25) is 0 Å². The lowest BCUT2D eigenvalue weighted by molar-refractivity contribution is 0.571. The van der Waals surface area contributed by atoms with Crippen LogP contribution in [0.5, 0.6) is 0 Å². The summed E-state index contributed by atoms with van der Waals surface area (Å²) in [5, 5.41) is 13.5. The first-order valence-electron chi connectivity index (χ1n) is 5.61. The van der Waals surface area contributed by atoms with Gasteiger partial charge in [0.25, 0.3) is 5.89 Å². The molecule has 0 saturated carbocycles. The molecule has 4 aromatic rings. The Balaban J connectivity index is 1.86. The van der Waals surface area contributed by atoms with E-state index in [0.717, 1.165) is 25.1 Å². The lowest BCUT2D eigenvalue weighted by Crippen LogP contribution is -1.89. The predicted octanol–water partition coefficient (Wildman–Crippen LogP) is 3.64. The Bertz CT molecular complexity index is 905. The monoisotopic (exact) mass is 367 g/mol. The van der Waals surface area contributed by atoms with Crippen molar-refractivity contribution in [3.05, 3.63) is 27.9 Å². The number of aromatic nitrogens is 5. The van der Waals surface area contributed by atoms with Crippen LogP contribution in [0.4, 0.5) is 0 Å². The van der Waals surface area contributed by atoms with Gasteiger partial charge in [0.15, 0.2) is 5.82 Å². The summed E-state index contributed by atoms with van der Waals surface area (Å²) in [6.45, 7) is 1.88. The third-order valence-corrected chi connectivity index (χ3v) is 5.09. The van der Waals surface area contributed by atoms with Crippen LogP contribution in [0.15, 0.2) is 26.6 Å². The number of hydrogen-bond acceptors (Lipinski definition) is 7. The Hall–Kier alpha value is -1.58. The molecule has 0 unspecified atom stereocenters. The molecule has 0 aliphatic rings. The van der Waals surface area contributed by atoms with E-state index < -0.39 is 0 Å². The number of halogens is 1. The number of fused-ring (bicyclic) bond motifs is 1. The number of rotatable bonds is 2. The molecule has 100 valence electrons. The molecular formula is C11H6BrN5OS2. The van der Waals surface area contributed by atoms with Crippen LogP contribution in [-0.4, -0.2) is 24.8 Å². The van der Waals surface area contributed by atoms with Crippen LogP contribution in [0.3, 0.4) is 0 Å². The molecule has 0 N–H and O–H groups in total. The molecular weight excluding hydrogens is 362 g/mol. The Morgan fingerprint density at radius 3 is 2.85 bits per heavy atom. The van der Waals surface area contributed by atoms with Crippen molar-refractivity contribution < 1.29 is 4.42 Å². The van der Waals surface area contributed by atoms with Crippen LogP contribution >= 0.6 is 38.6 Å². The summed E-state index contributed by atoms with van der Waals surface area (Å²) in [4.78, 5) is 6.00. The molecule has 0 aliphatic heterocycles. The van der Waals surface area contributed by atoms with Gasteiger partial charge in [-0.25, -0.2) is 4.98 Å². The molecule has 0 bridgehead atoms. The first kappa shape index (κ1) is 12.2. The van der Waals surface area contributed by atoms with Gasteiger partial charge in [-0.05, 0) is 35.0 Å². The second-order valence-corrected chi connectivity index (χ2v) is 7.44. The van der Waals surface area contributed by atoms with Gasteiger partial charge in [-0.1, -0.05) is 11.3 Å². The zero-order valence-electron chi connectivity index (χ0n) is 10.1. The Morgan fingerprint density at radius 2 is 2.15 bits per heavy atom. The normalized spacial score (nSPS) is 11.5. The summed E-state index contributed by atoms with van der Waals surface area (Å²) in [6.07, 6.45) is 1.61. The molecule has 0 spiro atoms. The van der Waals surface area contributed by atoms with Crippen molar-refractivity contribution in [3.8, 4) is 21.6 Å². The van der Waals surface area contributed by atoms with Crippen molar-refractivity contribution >= 4 is 43.6 Å². The molecule has 4 aromatic heterocycles. The number of hydrogen-bond donors (Lipinski definition) is 0. The first-order valence-corrected chi connectivity index (χ1v) is 8.04. The minimum Gasteiger partial charge on any atom is -0.442 e. The van der Waals surface area contributed by atoms with Gasteiger partial charge in [0, 0.05) is 0 Å². The first-order chi connectivity index (χ1) is 9.70. The highest BCUT2D eigenvalue weighted by atomic mass is 79.9. The highest BCUT2D eigenvalue weighted by molar-refractivity contribution is 9.11. The molecule has 0 aromatic carbocycles. The maximum absolute atomic E-state index is 5.37. The smallest absolute Gasteiger partial charge is 0.258 e. The molecule has 0 fully saturated rings. The maximum atomic E-state index is 5.37. The van der Waals surface area contributed by atoms with Crippen molar-refractivity contribution in [2.45, 2.75) is 6.92 Å². The summed E-state index contributed by atoms with van der Waals surface area (Å²) in [5.74, 6) is 1.23. The van der Waals surface area contributed by atoms with Gasteiger partial charge in [0.1, 0.15) is 6.26 Å². The average Bonchev–Trinajstić information content (AvgIpc) is 3.11. The Morgan fingerprint density at radius 1 is 1.25 bits per heavy atom. The largest absolute Gasteiger partial charge is 0.442 e. The second kappa shape index (κ2) is 4.47. The Labute approximate surface area is 129 Å². The molecule has 4 rings (SSSR count). The van der Waals surface area contributed by atoms with Crippen LogP contribution in [0.1, 0.15) is 5.69 Å². The van der Waals surface area contributed by atoms with E-state index in [1.54, 1.807) is 22.1 Å². The molecule has 9 heteroatoms. The van der Waals surface area contributed by atoms with Crippen molar-refractivity contribution in [1.29, 1.82) is 0 Å². The average molecular weight is 368 g/mol. The fourth-order valence-electron chi connectivity index (χ4n) is 1.74. The van der Waals surface area contributed by atoms with Gasteiger partial charge < -0.3 is 4.42 Å². The third kappa shape index (κ3) is 1.89. The van der Waals surface area contributed by atoms with Crippen molar-refractivity contribution in [3.63, 3.8) is 0 Å². The van der Waals surface area contributed by atoms with E-state index >= 15 is 0 Å². The van der Waals surface area contributed by atoms with Gasteiger partial charge in [-0.15, -0.1) is 26.6 Å². The van der Waals surface area contributed by atoms with E-state index in [1.165, 1.54) is 11.3 Å². The lowest BCUT2D eigenvalue weighted by Gasteiger charge is -1.90. The van der Waals surface area contributed by atoms with Gasteiger partial charge in [0.2, 0.25) is 9.97 Å². The minimum atomic E-state index is 0.510. The van der Waals surface area contributed by atoms with E-state index in [-0.39, 0.29) is 0 Å². The zero-order valence-corrected chi connectivity index (χ0v) is 13.3. The second-order valence-electron chi connectivity index (χ2n) is 4.02. The molecule has 0 atom stereocenters. The number of nitrogens with zero attached hydrogens (tertiary/aromatic N) is 5. The maximum Gasteiger partial charge on any atom is 0.258 e. The summed E-state index contributed by atoms with van der Waals surface area (Å²) in [6, 6.07) is 3.96. The lowest BCUT2D eigenvalue weighted by atomic mass is 10.4. The third-order valence-electron chi connectivity index (χ3n) is 2.59. The van der Waals surface area contributed by atoms with E-state index in [4.69, 9.17) is 4.42 Å². The van der Waals surface area contributed by atoms with Gasteiger partial charge in [0.05, 0.1) is 14.4 Å². The van der Waals surface area contributed by atoms with E-state index in [1.807, 2.05) is 19.1 Å². The number of aryl methyl sites for hydroxylation is 1. The van der Waals surface area contributed by atoms with Crippen LogP contribution < -0.4 is 0 Å². The fraction of sp³-hybridized carbons (Fsp3) is 0.0909. The van der Waals surface area contributed by atoms with Crippen molar-refractivity contribution in [2.75, 3.05) is 0 Å². The van der Waals surface area contributed by atoms with Crippen LogP contribution in [-0.2, 0) is 0 Å². The highest BCUT2D eigenvalue weighted by Gasteiger charge is 2.17. The van der Waals surface area contributed by atoms with Crippen molar-refractivity contribution in [2.24, 2.45) is 0 Å². The van der Waals surface area contributed by atoms with Crippen LogP contribution in [0, 0.1) is 6.92 Å². The SMILES string of the molecule is Cc1coc(-c2nn3c(-c4ccc(Br)s4)nnc3s2)n1. The summed E-state index contributed by atoms with van der Waals surface area (Å²) >= 11 is 6.43. The highest BCUT2D eigenvalue weighted by Crippen LogP contribution is 2.32. The van der Waals surface area contributed by atoms with E-state index in [9.17, 15) is 0 Å². The standard InChI is InChI=1S/C11H6BrN5OS2/c1-5-4-18-9(13-5)10-16-17-8(14-15-11(17)20-10)6-2-3-7(12)19-6/h2-4H,1H3. The summed E-state index contributed by atoms with van der Waals surface area (Å²) in [5.41, 5.74) is 0.827. The molecule has 0 aliphatic carbocycles.